The van der Waals surface area contributed by atoms with E-state index in [4.69, 9.17) is 23.9 Å². The van der Waals surface area contributed by atoms with Crippen molar-refractivity contribution in [3.8, 4) is 17.2 Å². The van der Waals surface area contributed by atoms with Gasteiger partial charge in [0.1, 0.15) is 11.5 Å². The molecule has 1 aliphatic heterocycles. The van der Waals surface area contributed by atoms with Crippen molar-refractivity contribution >= 4 is 22.7 Å². The summed E-state index contributed by atoms with van der Waals surface area (Å²) in [5, 5.41) is 1.29. The van der Waals surface area contributed by atoms with Gasteiger partial charge in [-0.3, -0.25) is 9.36 Å². The second-order valence-corrected chi connectivity index (χ2v) is 9.14. The summed E-state index contributed by atoms with van der Waals surface area (Å²) in [6.07, 6.45) is 2.01. The maximum Gasteiger partial charge on any atom is 0.262 e. The summed E-state index contributed by atoms with van der Waals surface area (Å²) in [4.78, 5) is 22.9. The second-order valence-electron chi connectivity index (χ2n) is 8.20. The minimum atomic E-state index is -0.0354. The highest BCUT2D eigenvalue weighted by Crippen LogP contribution is 2.32. The molecule has 8 heteroatoms. The lowest BCUT2D eigenvalue weighted by Gasteiger charge is -2.16. The standard InChI is InChI=1S/C26H27N3O4S/c1-3-31-23-13-7-5-11-20(23)24-27-22(17(2)33-24)16-34-26-28-21-12-6-4-10-19(21)25(30)29(26)15-18-9-8-14-32-18/h4-7,10-13,18H,3,8-9,14-16H2,1-2H3/t18-/m0/s1. The zero-order chi connectivity index (χ0) is 23.5. The van der Waals surface area contributed by atoms with E-state index in [0.717, 1.165) is 42.2 Å². The molecule has 2 aromatic heterocycles. The van der Waals surface area contributed by atoms with Crippen LogP contribution in [-0.4, -0.2) is 33.9 Å². The fraction of sp³-hybridized carbons (Fsp3) is 0.346. The summed E-state index contributed by atoms with van der Waals surface area (Å²) in [5.41, 5.74) is 2.30. The molecule has 0 spiro atoms. The lowest BCUT2D eigenvalue weighted by molar-refractivity contribution is 0.0937. The van der Waals surface area contributed by atoms with E-state index >= 15 is 0 Å². The Kier molecular flexibility index (Phi) is 6.69. The van der Waals surface area contributed by atoms with Gasteiger partial charge in [0.25, 0.3) is 5.56 Å². The first-order valence-corrected chi connectivity index (χ1v) is 12.5. The van der Waals surface area contributed by atoms with E-state index in [-0.39, 0.29) is 11.7 Å². The zero-order valence-electron chi connectivity index (χ0n) is 19.3. The summed E-state index contributed by atoms with van der Waals surface area (Å²) in [5.74, 6) is 2.54. The Morgan fingerprint density at radius 2 is 1.97 bits per heavy atom. The molecule has 2 aromatic carbocycles. The SMILES string of the molecule is CCOc1ccccc1-c1nc(CSc2nc3ccccc3c(=O)n2C[C@@H]2CCCO2)c(C)o1. The quantitative estimate of drug-likeness (QED) is 0.254. The number of thioether (sulfide) groups is 1. The highest BCUT2D eigenvalue weighted by Gasteiger charge is 2.21. The first-order chi connectivity index (χ1) is 16.6. The fourth-order valence-electron chi connectivity index (χ4n) is 4.15. The Hall–Kier alpha value is -3.10. The molecule has 3 heterocycles. The van der Waals surface area contributed by atoms with Crippen LogP contribution in [0.1, 0.15) is 31.2 Å². The monoisotopic (exact) mass is 477 g/mol. The number of nitrogens with zero attached hydrogens (tertiary/aromatic N) is 3. The van der Waals surface area contributed by atoms with E-state index in [0.29, 0.717) is 40.9 Å². The number of aromatic nitrogens is 3. The molecular weight excluding hydrogens is 450 g/mol. The molecule has 1 fully saturated rings. The first kappa shape index (κ1) is 22.7. The number of ether oxygens (including phenoxy) is 2. The van der Waals surface area contributed by atoms with Gasteiger partial charge in [-0.2, -0.15) is 0 Å². The number of rotatable bonds is 8. The lowest BCUT2D eigenvalue weighted by Crippen LogP contribution is -2.28. The van der Waals surface area contributed by atoms with Crippen LogP contribution >= 0.6 is 11.8 Å². The number of hydrogen-bond acceptors (Lipinski definition) is 7. The number of benzene rings is 2. The largest absolute Gasteiger partial charge is 0.493 e. The lowest BCUT2D eigenvalue weighted by atomic mass is 10.2. The van der Waals surface area contributed by atoms with Gasteiger partial charge in [-0.05, 0) is 51.0 Å². The van der Waals surface area contributed by atoms with Gasteiger partial charge >= 0.3 is 0 Å². The van der Waals surface area contributed by atoms with Gasteiger partial charge in [0, 0.05) is 12.4 Å². The smallest absolute Gasteiger partial charge is 0.262 e. The van der Waals surface area contributed by atoms with Crippen LogP contribution < -0.4 is 10.3 Å². The molecule has 5 rings (SSSR count). The first-order valence-electron chi connectivity index (χ1n) is 11.6. The molecule has 7 nitrogen and oxygen atoms in total. The number of hydrogen-bond donors (Lipinski definition) is 0. The third-order valence-corrected chi connectivity index (χ3v) is 6.87. The van der Waals surface area contributed by atoms with Crippen LogP contribution in [0.3, 0.4) is 0 Å². The highest BCUT2D eigenvalue weighted by atomic mass is 32.2. The predicted octanol–water partition coefficient (Wildman–Crippen LogP) is 5.23. The topological polar surface area (TPSA) is 79.4 Å². The summed E-state index contributed by atoms with van der Waals surface area (Å²) >= 11 is 1.49. The van der Waals surface area contributed by atoms with Crippen molar-refractivity contribution in [1.29, 1.82) is 0 Å². The number of para-hydroxylation sites is 2. The Labute approximate surface area is 202 Å². The zero-order valence-corrected chi connectivity index (χ0v) is 20.1. The third-order valence-electron chi connectivity index (χ3n) is 5.88. The summed E-state index contributed by atoms with van der Waals surface area (Å²) in [6, 6.07) is 15.2. The highest BCUT2D eigenvalue weighted by molar-refractivity contribution is 7.98. The van der Waals surface area contributed by atoms with E-state index in [2.05, 4.69) is 0 Å². The predicted molar refractivity (Wildman–Crippen MR) is 132 cm³/mol. The minimum absolute atomic E-state index is 0.0354. The average Bonchev–Trinajstić information content (AvgIpc) is 3.50. The van der Waals surface area contributed by atoms with Crippen LogP contribution in [-0.2, 0) is 17.0 Å². The van der Waals surface area contributed by atoms with Gasteiger partial charge in [-0.25, -0.2) is 9.97 Å². The van der Waals surface area contributed by atoms with Crippen LogP contribution in [0.15, 0.2) is 62.9 Å². The van der Waals surface area contributed by atoms with Crippen LogP contribution in [0.4, 0.5) is 0 Å². The van der Waals surface area contributed by atoms with Crippen molar-refractivity contribution in [1.82, 2.24) is 14.5 Å². The van der Waals surface area contributed by atoms with E-state index < -0.39 is 0 Å². The van der Waals surface area contributed by atoms with Crippen molar-refractivity contribution in [2.24, 2.45) is 0 Å². The molecule has 176 valence electrons. The van der Waals surface area contributed by atoms with Crippen LogP contribution in [0.25, 0.3) is 22.4 Å². The Bertz CT molecular complexity index is 1360. The summed E-state index contributed by atoms with van der Waals surface area (Å²) in [7, 11) is 0. The molecule has 34 heavy (non-hydrogen) atoms. The third kappa shape index (κ3) is 4.60. The van der Waals surface area contributed by atoms with Crippen molar-refractivity contribution < 1.29 is 13.9 Å². The number of oxazole rings is 1. The molecule has 1 aliphatic rings. The second kappa shape index (κ2) is 10.0. The normalized spacial score (nSPS) is 15.8. The van der Waals surface area contributed by atoms with Crippen molar-refractivity contribution in [3.05, 3.63) is 70.3 Å². The maximum atomic E-state index is 13.3. The molecule has 0 radical (unpaired) electrons. The van der Waals surface area contributed by atoms with Crippen molar-refractivity contribution in [3.63, 3.8) is 0 Å². The van der Waals surface area contributed by atoms with Gasteiger partial charge in [0.05, 0.1) is 41.4 Å². The molecule has 0 aliphatic carbocycles. The molecule has 1 atom stereocenters. The maximum absolute atomic E-state index is 13.3. The van der Waals surface area contributed by atoms with E-state index in [9.17, 15) is 4.79 Å². The van der Waals surface area contributed by atoms with Gasteiger partial charge < -0.3 is 13.9 Å². The summed E-state index contributed by atoms with van der Waals surface area (Å²) < 4.78 is 19.3. The van der Waals surface area contributed by atoms with Gasteiger partial charge in [-0.15, -0.1) is 0 Å². The molecule has 0 bridgehead atoms. The van der Waals surface area contributed by atoms with Crippen molar-refractivity contribution in [2.45, 2.75) is 50.2 Å². The van der Waals surface area contributed by atoms with Gasteiger partial charge in [0.15, 0.2) is 5.16 Å². The molecular formula is C26H27N3O4S. The average molecular weight is 478 g/mol. The molecule has 0 N–H and O–H groups in total. The fourth-order valence-corrected chi connectivity index (χ4v) is 5.16. The van der Waals surface area contributed by atoms with E-state index in [1.54, 1.807) is 4.57 Å². The van der Waals surface area contributed by atoms with Crippen LogP contribution in [0.2, 0.25) is 0 Å². The van der Waals surface area contributed by atoms with E-state index in [1.165, 1.54) is 11.8 Å². The van der Waals surface area contributed by atoms with Crippen molar-refractivity contribution in [2.75, 3.05) is 13.2 Å². The summed E-state index contributed by atoms with van der Waals surface area (Å²) in [6.45, 7) is 5.67. The number of aryl methyl sites for hydroxylation is 1. The molecule has 4 aromatic rings. The molecule has 1 saturated heterocycles. The van der Waals surface area contributed by atoms with Gasteiger partial charge in [-0.1, -0.05) is 36.0 Å². The van der Waals surface area contributed by atoms with Crippen LogP contribution in [0.5, 0.6) is 5.75 Å². The molecule has 0 saturated carbocycles. The van der Waals surface area contributed by atoms with Gasteiger partial charge in [0.2, 0.25) is 5.89 Å². The molecule has 0 unspecified atom stereocenters. The van der Waals surface area contributed by atoms with Crippen LogP contribution in [0, 0.1) is 6.92 Å². The Morgan fingerprint density at radius 1 is 1.15 bits per heavy atom. The Morgan fingerprint density at radius 3 is 2.79 bits per heavy atom. The Balaban J connectivity index is 1.45. The molecule has 0 amide bonds. The number of fused-ring (bicyclic) bond motifs is 1. The minimum Gasteiger partial charge on any atom is -0.493 e. The van der Waals surface area contributed by atoms with E-state index in [1.807, 2.05) is 62.4 Å².